The predicted octanol–water partition coefficient (Wildman–Crippen LogP) is 3.55. The molecule has 1 aromatic carbocycles. The van der Waals surface area contributed by atoms with Gasteiger partial charge in [-0.15, -0.1) is 0 Å². The summed E-state index contributed by atoms with van der Waals surface area (Å²) in [5.74, 6) is -2.33. The maximum atomic E-state index is 13.0. The van der Waals surface area contributed by atoms with E-state index >= 15 is 0 Å². The zero-order valence-corrected chi connectivity index (χ0v) is 10.7. The summed E-state index contributed by atoms with van der Waals surface area (Å²) < 4.78 is 40.1. The number of hydrogen-bond donors (Lipinski definition) is 1. The lowest BCUT2D eigenvalue weighted by atomic mass is 10.2. The normalized spacial score (nSPS) is 12.0. The lowest BCUT2D eigenvalue weighted by Gasteiger charge is -2.10. The van der Waals surface area contributed by atoms with Crippen LogP contribution in [-0.4, -0.2) is 20.6 Å². The highest BCUT2D eigenvalue weighted by molar-refractivity contribution is 6.01. The van der Waals surface area contributed by atoms with Crippen molar-refractivity contribution in [2.45, 2.75) is 32.5 Å². The molecule has 108 valence electrons. The Kier molecular flexibility index (Phi) is 3.69. The summed E-state index contributed by atoms with van der Waals surface area (Å²) in [6.45, 7) is 2.03. The molecule has 4 nitrogen and oxygen atoms in total. The molecular weight excluding hydrogens is 273 g/mol. The van der Waals surface area contributed by atoms with Gasteiger partial charge in [0.05, 0.1) is 11.1 Å². The van der Waals surface area contributed by atoms with E-state index < -0.39 is 18.0 Å². The topological polar surface area (TPSA) is 55.1 Å². The zero-order chi connectivity index (χ0) is 14.9. The van der Waals surface area contributed by atoms with Gasteiger partial charge in [0.2, 0.25) is 5.82 Å². The number of nitrogens with zero attached hydrogens (tertiary/aromatic N) is 2. The first-order chi connectivity index (χ1) is 9.36. The van der Waals surface area contributed by atoms with Crippen LogP contribution < -0.4 is 0 Å². The number of fused-ring (bicyclic) bond motifs is 1. The second-order valence-electron chi connectivity index (χ2n) is 4.42. The van der Waals surface area contributed by atoms with E-state index in [9.17, 15) is 18.0 Å². The van der Waals surface area contributed by atoms with Gasteiger partial charge < -0.3 is 9.67 Å². The van der Waals surface area contributed by atoms with Crippen molar-refractivity contribution < 1.29 is 23.1 Å². The van der Waals surface area contributed by atoms with E-state index in [4.69, 9.17) is 5.11 Å². The predicted molar refractivity (Wildman–Crippen MR) is 66.6 cm³/mol. The number of carboxylic acids is 1. The van der Waals surface area contributed by atoms with Crippen LogP contribution in [0.5, 0.6) is 0 Å². The van der Waals surface area contributed by atoms with Gasteiger partial charge in [-0.25, -0.2) is 9.78 Å². The summed E-state index contributed by atoms with van der Waals surface area (Å²) in [5, 5.41) is 9.03. The maximum Gasteiger partial charge on any atom is 0.449 e. The van der Waals surface area contributed by atoms with Crippen LogP contribution in [0.2, 0.25) is 0 Å². The van der Waals surface area contributed by atoms with Crippen LogP contribution in [0, 0.1) is 0 Å². The number of imidazole rings is 1. The Morgan fingerprint density at radius 3 is 2.65 bits per heavy atom. The molecule has 2 rings (SSSR count). The number of halogens is 3. The number of carboxylic acid groups (broad SMARTS) is 1. The van der Waals surface area contributed by atoms with Gasteiger partial charge in [0, 0.05) is 6.54 Å². The molecule has 2 aromatic rings. The molecule has 1 heterocycles. The molecule has 1 aromatic heterocycles. The van der Waals surface area contributed by atoms with Crippen LogP contribution in [0.1, 0.15) is 35.9 Å². The standard InChI is InChI=1S/C13H13F3N2O2/c1-2-3-7-18-9-6-4-5-8(11(19)20)10(9)17-12(18)13(14,15)16/h4-6H,2-3,7H2,1H3,(H,19,20). The minimum atomic E-state index is -4.61. The smallest absolute Gasteiger partial charge is 0.449 e. The third-order valence-corrected chi connectivity index (χ3v) is 3.00. The van der Waals surface area contributed by atoms with Gasteiger partial charge in [-0.1, -0.05) is 19.4 Å². The lowest BCUT2D eigenvalue weighted by molar-refractivity contribution is -0.147. The average molecular weight is 286 g/mol. The molecule has 0 radical (unpaired) electrons. The van der Waals surface area contributed by atoms with Crippen molar-refractivity contribution in [1.29, 1.82) is 0 Å². The molecule has 0 atom stereocenters. The van der Waals surface area contributed by atoms with Crippen LogP contribution in [0.3, 0.4) is 0 Å². The largest absolute Gasteiger partial charge is 0.478 e. The summed E-state index contributed by atoms with van der Waals surface area (Å²) in [6.07, 6.45) is -3.32. The molecule has 0 saturated heterocycles. The third kappa shape index (κ3) is 2.48. The van der Waals surface area contributed by atoms with Crippen LogP contribution in [0.15, 0.2) is 18.2 Å². The molecule has 20 heavy (non-hydrogen) atoms. The molecule has 0 aliphatic rings. The van der Waals surface area contributed by atoms with E-state index in [1.54, 1.807) is 0 Å². The van der Waals surface area contributed by atoms with E-state index in [0.717, 1.165) is 11.0 Å². The third-order valence-electron chi connectivity index (χ3n) is 3.00. The summed E-state index contributed by atoms with van der Waals surface area (Å²) >= 11 is 0. The molecule has 0 amide bonds. The minimum Gasteiger partial charge on any atom is -0.478 e. The van der Waals surface area contributed by atoms with Crippen LogP contribution in [0.4, 0.5) is 13.2 Å². The van der Waals surface area contributed by atoms with Crippen molar-refractivity contribution in [3.05, 3.63) is 29.6 Å². The van der Waals surface area contributed by atoms with E-state index in [0.29, 0.717) is 6.42 Å². The van der Waals surface area contributed by atoms with E-state index in [2.05, 4.69) is 4.98 Å². The van der Waals surface area contributed by atoms with E-state index in [-0.39, 0.29) is 23.1 Å². The maximum absolute atomic E-state index is 13.0. The van der Waals surface area contributed by atoms with Gasteiger partial charge in [0.1, 0.15) is 5.52 Å². The number of aromatic nitrogens is 2. The zero-order valence-electron chi connectivity index (χ0n) is 10.7. The average Bonchev–Trinajstić information content (AvgIpc) is 2.74. The Morgan fingerprint density at radius 2 is 2.10 bits per heavy atom. The molecule has 0 bridgehead atoms. The first kappa shape index (κ1) is 14.4. The Hall–Kier alpha value is -2.05. The quantitative estimate of drug-likeness (QED) is 0.935. The second-order valence-corrected chi connectivity index (χ2v) is 4.42. The summed E-state index contributed by atoms with van der Waals surface area (Å²) in [4.78, 5) is 14.6. The Morgan fingerprint density at radius 1 is 1.40 bits per heavy atom. The van der Waals surface area contributed by atoms with Gasteiger partial charge in [0.25, 0.3) is 0 Å². The van der Waals surface area contributed by atoms with Gasteiger partial charge in [-0.05, 0) is 18.6 Å². The van der Waals surface area contributed by atoms with Crippen molar-refractivity contribution in [3.8, 4) is 0 Å². The number of para-hydroxylation sites is 1. The number of alkyl halides is 3. The number of carbonyl (C=O) groups is 1. The Labute approximate surface area is 112 Å². The van der Waals surface area contributed by atoms with Crippen LogP contribution >= 0.6 is 0 Å². The molecule has 0 aliphatic carbocycles. The monoisotopic (exact) mass is 286 g/mol. The SMILES string of the molecule is CCCCn1c(C(F)(F)F)nc2c(C(=O)O)cccc21. The van der Waals surface area contributed by atoms with Crippen molar-refractivity contribution in [1.82, 2.24) is 9.55 Å². The molecule has 7 heteroatoms. The van der Waals surface area contributed by atoms with Gasteiger partial charge in [-0.3, -0.25) is 0 Å². The number of hydrogen-bond acceptors (Lipinski definition) is 2. The number of aromatic carboxylic acids is 1. The Bertz CT molecular complexity index is 647. The number of benzene rings is 1. The summed E-state index contributed by atoms with van der Waals surface area (Å²) in [7, 11) is 0. The van der Waals surface area contributed by atoms with Crippen molar-refractivity contribution >= 4 is 17.0 Å². The molecule has 0 saturated carbocycles. The Balaban J connectivity index is 2.71. The first-order valence-electron chi connectivity index (χ1n) is 6.16. The van der Waals surface area contributed by atoms with Crippen LogP contribution in [-0.2, 0) is 12.7 Å². The highest BCUT2D eigenvalue weighted by Crippen LogP contribution is 2.32. The second kappa shape index (κ2) is 5.15. The fourth-order valence-electron chi connectivity index (χ4n) is 2.08. The van der Waals surface area contributed by atoms with Crippen LogP contribution in [0.25, 0.3) is 11.0 Å². The first-order valence-corrected chi connectivity index (χ1v) is 6.16. The molecular formula is C13H13F3N2O2. The van der Waals surface area contributed by atoms with E-state index in [1.165, 1.54) is 18.2 Å². The number of aryl methyl sites for hydroxylation is 1. The van der Waals surface area contributed by atoms with Gasteiger partial charge in [0.15, 0.2) is 0 Å². The highest BCUT2D eigenvalue weighted by Gasteiger charge is 2.38. The van der Waals surface area contributed by atoms with Crippen molar-refractivity contribution in [3.63, 3.8) is 0 Å². The van der Waals surface area contributed by atoms with Crippen molar-refractivity contribution in [2.75, 3.05) is 0 Å². The van der Waals surface area contributed by atoms with Gasteiger partial charge in [-0.2, -0.15) is 13.2 Å². The highest BCUT2D eigenvalue weighted by atomic mass is 19.4. The van der Waals surface area contributed by atoms with E-state index in [1.807, 2.05) is 6.92 Å². The molecule has 1 N–H and O–H groups in total. The lowest BCUT2D eigenvalue weighted by Crippen LogP contribution is -2.15. The van der Waals surface area contributed by atoms with Gasteiger partial charge >= 0.3 is 12.1 Å². The summed E-state index contributed by atoms with van der Waals surface area (Å²) in [6, 6.07) is 4.14. The molecule has 0 spiro atoms. The molecule has 0 aliphatic heterocycles. The fraction of sp³-hybridized carbons (Fsp3) is 0.385. The number of rotatable bonds is 4. The summed E-state index contributed by atoms with van der Waals surface area (Å²) in [5.41, 5.74) is -0.141. The minimum absolute atomic E-state index is 0.122. The fourth-order valence-corrected chi connectivity index (χ4v) is 2.08. The molecule has 0 fully saturated rings. The van der Waals surface area contributed by atoms with Crippen molar-refractivity contribution in [2.24, 2.45) is 0 Å². The number of unbranched alkanes of at least 4 members (excludes halogenated alkanes) is 1. The molecule has 0 unspecified atom stereocenters.